The number of hydrogen-bond acceptors (Lipinski definition) is 3. The van der Waals surface area contributed by atoms with E-state index in [1.165, 1.54) is 59.5 Å². The summed E-state index contributed by atoms with van der Waals surface area (Å²) < 4.78 is 158. The summed E-state index contributed by atoms with van der Waals surface area (Å²) in [7, 11) is 0. The summed E-state index contributed by atoms with van der Waals surface area (Å²) >= 11 is 0. The minimum Gasteiger partial charge on any atom is -0.405 e. The largest absolute Gasteiger partial charge is 0.573 e. The zero-order valence-electron chi connectivity index (χ0n) is 36.6. The molecule has 0 aromatic heterocycles. The van der Waals surface area contributed by atoms with Crippen molar-refractivity contribution in [1.82, 2.24) is 0 Å². The van der Waals surface area contributed by atoms with Crippen molar-refractivity contribution in [3.05, 3.63) is 234 Å². The van der Waals surface area contributed by atoms with Gasteiger partial charge in [-0.1, -0.05) is 146 Å². The molecule has 0 saturated carbocycles. The Morgan fingerprint density at radius 3 is 1.61 bits per heavy atom. The first kappa shape index (κ1) is 45.1. The van der Waals surface area contributed by atoms with Gasteiger partial charge in [0, 0.05) is 28.6 Å². The highest BCUT2D eigenvalue weighted by molar-refractivity contribution is 6.01. The molecule has 0 amide bonds. The molecule has 1 atom stereocenters. The van der Waals surface area contributed by atoms with E-state index in [0.29, 0.717) is 17.4 Å². The second-order valence-corrected chi connectivity index (χ2v) is 17.0. The van der Waals surface area contributed by atoms with Gasteiger partial charge in [-0.05, 0) is 115 Å². The number of rotatable bonds is 8. The van der Waals surface area contributed by atoms with Crippen LogP contribution < -0.4 is 14.4 Å². The zero-order chi connectivity index (χ0) is 49.5. The summed E-state index contributed by atoms with van der Waals surface area (Å²) in [5.74, 6) is -2.76. The van der Waals surface area contributed by atoms with E-state index in [-0.39, 0.29) is 61.3 Å². The lowest BCUT2D eigenvalue weighted by Crippen LogP contribution is -2.27. The Bertz CT molecular complexity index is 3520. The number of halogens is 10. The maximum atomic E-state index is 16.1. The molecule has 1 spiro atoms. The molecule has 352 valence electrons. The first-order chi connectivity index (χ1) is 34.0. The third-order valence-corrected chi connectivity index (χ3v) is 13.0. The van der Waals surface area contributed by atoms with Crippen LogP contribution in [-0.4, -0.2) is 12.7 Å². The highest BCUT2D eigenvalue weighted by Gasteiger charge is 2.56. The second kappa shape index (κ2) is 16.7. The summed E-state index contributed by atoms with van der Waals surface area (Å²) in [5.41, 5.74) is 0.902. The average Bonchev–Trinajstić information content (AvgIpc) is 3.82. The lowest BCUT2D eigenvalue weighted by Gasteiger charge is -2.33. The van der Waals surface area contributed by atoms with Gasteiger partial charge in [0.15, 0.2) is 0 Å². The van der Waals surface area contributed by atoms with E-state index in [0.717, 1.165) is 40.5 Å². The van der Waals surface area contributed by atoms with E-state index in [1.54, 1.807) is 42.5 Å². The lowest BCUT2D eigenvalue weighted by atomic mass is 9.68. The number of hydrogen-bond donors (Lipinski definition) is 0. The van der Waals surface area contributed by atoms with Crippen molar-refractivity contribution in [2.45, 2.75) is 24.3 Å². The van der Waals surface area contributed by atoms with Crippen molar-refractivity contribution in [2.75, 3.05) is 4.90 Å². The van der Waals surface area contributed by atoms with Gasteiger partial charge in [-0.3, -0.25) is 0 Å². The number of nitrogens with zero attached hydrogens (tertiary/aromatic N) is 1. The molecule has 2 aliphatic rings. The summed E-state index contributed by atoms with van der Waals surface area (Å²) in [6, 6.07) is 52.5. The molecule has 1 unspecified atom stereocenters. The topological polar surface area (TPSA) is 21.7 Å². The molecular formula is C58H33F10NO2. The number of benzene rings is 9. The molecule has 13 heteroatoms. The van der Waals surface area contributed by atoms with Crippen molar-refractivity contribution in [2.24, 2.45) is 0 Å². The standard InChI is InChI=1S/C58H33F10NO2/c59-39-32-48-52(51(33-39)71-58(66,67)68)43-18-7-8-21-45(43)55(48)46-22-11-23-50(70-57(63,64)65)53(46)44-20-10-19-42(54(44)55)38-26-29-49(47(31-38)56(60,61)62)69(40-27-24-36(25-28-40)34-12-3-1-4-13-34)41-17-9-16-37(30-41)35-14-5-2-6-15-35/h1-33H. The van der Waals surface area contributed by atoms with Gasteiger partial charge < -0.3 is 14.4 Å². The molecule has 0 heterocycles. The van der Waals surface area contributed by atoms with Crippen LogP contribution in [0.25, 0.3) is 55.6 Å². The molecule has 3 nitrogen and oxygen atoms in total. The van der Waals surface area contributed by atoms with E-state index in [4.69, 9.17) is 0 Å². The fourth-order valence-electron chi connectivity index (χ4n) is 10.4. The third kappa shape index (κ3) is 7.81. The lowest BCUT2D eigenvalue weighted by molar-refractivity contribution is -0.275. The Morgan fingerprint density at radius 1 is 0.380 bits per heavy atom. The van der Waals surface area contributed by atoms with Crippen LogP contribution in [0.4, 0.5) is 61.0 Å². The smallest absolute Gasteiger partial charge is 0.405 e. The van der Waals surface area contributed by atoms with Gasteiger partial charge in [0.25, 0.3) is 0 Å². The number of fused-ring (bicyclic) bond motifs is 10. The van der Waals surface area contributed by atoms with Crippen LogP contribution in [0.15, 0.2) is 200 Å². The number of ether oxygens (including phenoxy) is 2. The summed E-state index contributed by atoms with van der Waals surface area (Å²) in [6.07, 6.45) is -15.6. The predicted molar refractivity (Wildman–Crippen MR) is 252 cm³/mol. The molecule has 71 heavy (non-hydrogen) atoms. The normalized spacial score (nSPS) is 14.7. The van der Waals surface area contributed by atoms with Gasteiger partial charge in [0.2, 0.25) is 0 Å². The number of alkyl halides is 9. The molecule has 0 bridgehead atoms. The highest BCUT2D eigenvalue weighted by atomic mass is 19.4. The molecule has 9 aromatic rings. The maximum Gasteiger partial charge on any atom is 0.573 e. The van der Waals surface area contributed by atoms with Crippen molar-refractivity contribution >= 4 is 17.1 Å². The SMILES string of the molecule is Fc1cc(OC(F)(F)F)c2c(c1)C1(c3ccccc3-2)c2cccc(OC(F)(F)F)c2-c2cccc(-c3ccc(N(c4ccc(-c5ccccc5)cc4)c4cccc(-c5ccccc5)c4)c(C(F)(F)F)c3)c21. The summed E-state index contributed by atoms with van der Waals surface area (Å²) in [6.45, 7) is 0. The molecular weight excluding hydrogens is 933 g/mol. The fourth-order valence-corrected chi connectivity index (χ4v) is 10.4. The van der Waals surface area contributed by atoms with Gasteiger partial charge >= 0.3 is 18.9 Å². The fraction of sp³-hybridized carbons (Fsp3) is 0.0690. The van der Waals surface area contributed by atoms with E-state index < -0.39 is 47.2 Å². The molecule has 0 radical (unpaired) electrons. The molecule has 0 N–H and O–H groups in total. The Balaban J connectivity index is 1.17. The Labute approximate surface area is 399 Å². The van der Waals surface area contributed by atoms with Crippen molar-refractivity contribution in [3.8, 4) is 67.1 Å². The van der Waals surface area contributed by atoms with E-state index in [9.17, 15) is 26.3 Å². The van der Waals surface area contributed by atoms with Crippen LogP contribution in [0, 0.1) is 5.82 Å². The van der Waals surface area contributed by atoms with Crippen LogP contribution in [-0.2, 0) is 11.6 Å². The Kier molecular flexibility index (Phi) is 10.6. The van der Waals surface area contributed by atoms with Gasteiger partial charge in [-0.2, -0.15) is 13.2 Å². The minimum absolute atomic E-state index is 0.0464. The highest BCUT2D eigenvalue weighted by Crippen LogP contribution is 2.67. The quantitative estimate of drug-likeness (QED) is 0.142. The molecule has 11 rings (SSSR count). The second-order valence-electron chi connectivity index (χ2n) is 17.0. The minimum atomic E-state index is -5.30. The van der Waals surface area contributed by atoms with Gasteiger partial charge in [-0.15, -0.1) is 26.3 Å². The molecule has 0 fully saturated rings. The van der Waals surface area contributed by atoms with Crippen LogP contribution in [0.5, 0.6) is 11.5 Å². The average molecular weight is 966 g/mol. The van der Waals surface area contributed by atoms with Gasteiger partial charge in [0.05, 0.1) is 16.7 Å². The Morgan fingerprint density at radius 2 is 0.915 bits per heavy atom. The monoisotopic (exact) mass is 965 g/mol. The zero-order valence-corrected chi connectivity index (χ0v) is 36.6. The van der Waals surface area contributed by atoms with E-state index in [1.807, 2.05) is 78.9 Å². The van der Waals surface area contributed by atoms with Gasteiger partial charge in [0.1, 0.15) is 17.3 Å². The van der Waals surface area contributed by atoms with Crippen LogP contribution in [0.2, 0.25) is 0 Å². The third-order valence-electron chi connectivity index (χ3n) is 13.0. The molecule has 2 aliphatic carbocycles. The van der Waals surface area contributed by atoms with E-state index >= 15 is 17.6 Å². The maximum absolute atomic E-state index is 16.1. The van der Waals surface area contributed by atoms with Crippen molar-refractivity contribution < 1.29 is 53.4 Å². The van der Waals surface area contributed by atoms with Crippen LogP contribution >= 0.6 is 0 Å². The molecule has 0 aliphatic heterocycles. The van der Waals surface area contributed by atoms with Crippen molar-refractivity contribution in [1.29, 1.82) is 0 Å². The predicted octanol–water partition coefficient (Wildman–Crippen LogP) is 17.5. The summed E-state index contributed by atoms with van der Waals surface area (Å²) in [5, 5.41) is 0. The van der Waals surface area contributed by atoms with Crippen molar-refractivity contribution in [3.63, 3.8) is 0 Å². The first-order valence-electron chi connectivity index (χ1n) is 22.0. The van der Waals surface area contributed by atoms with Crippen LogP contribution in [0.3, 0.4) is 0 Å². The first-order valence-corrected chi connectivity index (χ1v) is 22.0. The van der Waals surface area contributed by atoms with E-state index in [2.05, 4.69) is 9.47 Å². The van der Waals surface area contributed by atoms with Gasteiger partial charge in [-0.25, -0.2) is 4.39 Å². The van der Waals surface area contributed by atoms with Crippen LogP contribution in [0.1, 0.15) is 27.8 Å². The number of anilines is 3. The summed E-state index contributed by atoms with van der Waals surface area (Å²) in [4.78, 5) is 1.50. The Hall–Kier alpha value is -8.32. The molecule has 9 aromatic carbocycles. The molecule has 0 saturated heterocycles.